The van der Waals surface area contributed by atoms with Crippen molar-refractivity contribution in [2.24, 2.45) is 0 Å². The van der Waals surface area contributed by atoms with Crippen LogP contribution in [0, 0.1) is 35.7 Å². The minimum Gasteiger partial charge on any atom is -0.435 e. The standard InChI is InChI=1S/C25H18F3N5O2S2/c1-14-19(26)22(33-36-13-16-7-5-15(12-29)6-8-16)20(27)21(28)23(14)35-24-17(4-3-10-30-24)18-9-11-31-25(32-18)37(2)34/h3-11,33H,13H2,1-2H3. The highest BCUT2D eigenvalue weighted by molar-refractivity contribution is 7.99. The summed E-state index contributed by atoms with van der Waals surface area (Å²) in [5.41, 5.74) is 0.958. The second-order valence-corrected chi connectivity index (χ2v) is 9.66. The highest BCUT2D eigenvalue weighted by atomic mass is 32.2. The van der Waals surface area contributed by atoms with Gasteiger partial charge in [0.1, 0.15) is 5.69 Å². The van der Waals surface area contributed by atoms with Gasteiger partial charge in [-0.3, -0.25) is 4.21 Å². The van der Waals surface area contributed by atoms with Gasteiger partial charge in [0.15, 0.2) is 17.4 Å². The Morgan fingerprint density at radius 2 is 1.81 bits per heavy atom. The van der Waals surface area contributed by atoms with Crippen molar-refractivity contribution in [3.63, 3.8) is 0 Å². The van der Waals surface area contributed by atoms with E-state index in [0.29, 0.717) is 17.0 Å². The maximum absolute atomic E-state index is 15.1. The van der Waals surface area contributed by atoms with Gasteiger partial charge in [0, 0.05) is 30.0 Å². The quantitative estimate of drug-likeness (QED) is 0.167. The third kappa shape index (κ3) is 5.73. The van der Waals surface area contributed by atoms with E-state index in [2.05, 4.69) is 19.7 Å². The van der Waals surface area contributed by atoms with Gasteiger partial charge >= 0.3 is 0 Å². The Hall–Kier alpha value is -3.95. The van der Waals surface area contributed by atoms with Gasteiger partial charge in [0.25, 0.3) is 0 Å². The molecule has 0 spiro atoms. The molecule has 0 aliphatic carbocycles. The first kappa shape index (κ1) is 26.1. The first-order chi connectivity index (χ1) is 17.8. The summed E-state index contributed by atoms with van der Waals surface area (Å²) in [5.74, 6) is -4.37. The molecule has 0 saturated carbocycles. The predicted molar refractivity (Wildman–Crippen MR) is 135 cm³/mol. The molecular weight excluding hydrogens is 523 g/mol. The summed E-state index contributed by atoms with van der Waals surface area (Å²) in [6.07, 6.45) is 4.19. The number of nitriles is 1. The molecule has 1 unspecified atom stereocenters. The van der Waals surface area contributed by atoms with E-state index in [1.165, 1.54) is 31.6 Å². The molecule has 0 amide bonds. The summed E-state index contributed by atoms with van der Waals surface area (Å²) in [6, 6.07) is 13.4. The molecule has 0 bridgehead atoms. The van der Waals surface area contributed by atoms with Crippen LogP contribution in [0.3, 0.4) is 0 Å². The van der Waals surface area contributed by atoms with Crippen LogP contribution >= 0.6 is 11.9 Å². The van der Waals surface area contributed by atoms with Gasteiger partial charge in [-0.15, -0.1) is 0 Å². The molecule has 4 rings (SSSR count). The topological polar surface area (TPSA) is 101 Å². The van der Waals surface area contributed by atoms with Crippen molar-refractivity contribution < 1.29 is 22.1 Å². The molecule has 7 nitrogen and oxygen atoms in total. The van der Waals surface area contributed by atoms with Crippen molar-refractivity contribution in [1.82, 2.24) is 15.0 Å². The second kappa shape index (κ2) is 11.4. The van der Waals surface area contributed by atoms with Crippen LogP contribution in [0.4, 0.5) is 18.9 Å². The van der Waals surface area contributed by atoms with Gasteiger partial charge in [0.05, 0.1) is 33.7 Å². The normalized spacial score (nSPS) is 11.6. The summed E-state index contributed by atoms with van der Waals surface area (Å²) in [5, 5.41) is 8.94. The molecule has 0 aliphatic rings. The molecule has 4 aromatic rings. The van der Waals surface area contributed by atoms with Gasteiger partial charge in [-0.2, -0.15) is 9.65 Å². The van der Waals surface area contributed by atoms with Gasteiger partial charge in [0.2, 0.25) is 16.9 Å². The zero-order valence-electron chi connectivity index (χ0n) is 19.5. The van der Waals surface area contributed by atoms with Crippen LogP contribution in [0.15, 0.2) is 60.0 Å². The lowest BCUT2D eigenvalue weighted by Gasteiger charge is -2.16. The second-order valence-electron chi connectivity index (χ2n) is 7.61. The van der Waals surface area contributed by atoms with Crippen LogP contribution in [-0.2, 0) is 16.6 Å². The smallest absolute Gasteiger partial charge is 0.228 e. The molecule has 1 atom stereocenters. The molecule has 1 N–H and O–H groups in total. The number of nitrogens with zero attached hydrogens (tertiary/aromatic N) is 4. The van der Waals surface area contributed by atoms with Gasteiger partial charge in [-0.05, 0) is 54.8 Å². The van der Waals surface area contributed by atoms with Crippen molar-refractivity contribution in [2.45, 2.75) is 17.8 Å². The van der Waals surface area contributed by atoms with Crippen molar-refractivity contribution >= 4 is 28.4 Å². The Balaban J connectivity index is 1.60. The van der Waals surface area contributed by atoms with E-state index in [0.717, 1.165) is 17.5 Å². The lowest BCUT2D eigenvalue weighted by molar-refractivity contribution is 0.397. The van der Waals surface area contributed by atoms with Crippen LogP contribution in [0.2, 0.25) is 0 Å². The van der Waals surface area contributed by atoms with E-state index in [-0.39, 0.29) is 22.2 Å². The monoisotopic (exact) mass is 541 g/mol. The molecule has 0 fully saturated rings. The Kier molecular flexibility index (Phi) is 8.05. The number of ether oxygens (including phenoxy) is 1. The molecule has 12 heteroatoms. The Morgan fingerprint density at radius 1 is 1.05 bits per heavy atom. The highest BCUT2D eigenvalue weighted by Crippen LogP contribution is 2.39. The lowest BCUT2D eigenvalue weighted by atomic mass is 10.1. The fraction of sp³-hybridized carbons (Fsp3) is 0.120. The first-order valence-corrected chi connectivity index (χ1v) is 13.2. The molecule has 0 saturated heterocycles. The number of pyridine rings is 1. The summed E-state index contributed by atoms with van der Waals surface area (Å²) in [6.45, 7) is 1.26. The van der Waals surface area contributed by atoms with Crippen LogP contribution in [-0.4, -0.2) is 25.4 Å². The first-order valence-electron chi connectivity index (χ1n) is 10.6. The molecule has 37 heavy (non-hydrogen) atoms. The number of hydrogen-bond acceptors (Lipinski definition) is 8. The van der Waals surface area contributed by atoms with Crippen LogP contribution in [0.5, 0.6) is 11.6 Å². The van der Waals surface area contributed by atoms with Crippen molar-refractivity contribution in [3.8, 4) is 29.0 Å². The Bertz CT molecular complexity index is 1500. The minimum absolute atomic E-state index is 0.0701. The summed E-state index contributed by atoms with van der Waals surface area (Å²) in [4.78, 5) is 12.2. The van der Waals surface area contributed by atoms with Crippen LogP contribution in [0.25, 0.3) is 11.3 Å². The summed E-state index contributed by atoms with van der Waals surface area (Å²) >= 11 is 0.960. The largest absolute Gasteiger partial charge is 0.435 e. The fourth-order valence-corrected chi connectivity index (χ4v) is 4.42. The van der Waals surface area contributed by atoms with E-state index in [4.69, 9.17) is 10.00 Å². The number of halogens is 3. The molecule has 0 aliphatic heterocycles. The van der Waals surface area contributed by atoms with E-state index in [1.807, 2.05) is 6.07 Å². The number of nitrogens with one attached hydrogen (secondary N) is 1. The van der Waals surface area contributed by atoms with Crippen molar-refractivity contribution in [3.05, 3.63) is 89.0 Å². The van der Waals surface area contributed by atoms with E-state index in [1.54, 1.807) is 36.4 Å². The third-order valence-electron chi connectivity index (χ3n) is 5.13. The van der Waals surface area contributed by atoms with E-state index >= 15 is 8.78 Å². The molecule has 188 valence electrons. The number of rotatable bonds is 8. The summed E-state index contributed by atoms with van der Waals surface area (Å²) in [7, 11) is -1.46. The fourth-order valence-electron chi connectivity index (χ4n) is 3.23. The Labute approximate surface area is 217 Å². The SMILES string of the molecule is Cc1c(F)c(NSCc2ccc(C#N)cc2)c(F)c(F)c1Oc1ncccc1-c1ccnc(S(C)=O)n1. The van der Waals surface area contributed by atoms with E-state index in [9.17, 15) is 8.60 Å². The number of aromatic nitrogens is 3. The maximum Gasteiger partial charge on any atom is 0.228 e. The lowest BCUT2D eigenvalue weighted by Crippen LogP contribution is -2.06. The minimum atomic E-state index is -1.46. The van der Waals surface area contributed by atoms with Crippen molar-refractivity contribution in [2.75, 3.05) is 11.0 Å². The highest BCUT2D eigenvalue weighted by Gasteiger charge is 2.26. The zero-order chi connectivity index (χ0) is 26.5. The van der Waals surface area contributed by atoms with Crippen LogP contribution in [0.1, 0.15) is 16.7 Å². The van der Waals surface area contributed by atoms with Gasteiger partial charge in [-0.25, -0.2) is 23.7 Å². The third-order valence-corrected chi connectivity index (χ3v) is 6.67. The predicted octanol–water partition coefficient (Wildman–Crippen LogP) is 5.93. The van der Waals surface area contributed by atoms with E-state index < -0.39 is 39.7 Å². The zero-order valence-corrected chi connectivity index (χ0v) is 21.1. The van der Waals surface area contributed by atoms with Crippen molar-refractivity contribution in [1.29, 1.82) is 5.26 Å². The van der Waals surface area contributed by atoms with Crippen LogP contribution < -0.4 is 9.46 Å². The molecule has 2 aromatic carbocycles. The maximum atomic E-state index is 15.1. The number of hydrogen-bond donors (Lipinski definition) is 1. The average Bonchev–Trinajstić information content (AvgIpc) is 2.92. The average molecular weight is 542 g/mol. The number of benzene rings is 2. The molecule has 2 heterocycles. The molecule has 0 radical (unpaired) electrons. The van der Waals surface area contributed by atoms with Gasteiger partial charge in [-0.1, -0.05) is 12.1 Å². The van der Waals surface area contributed by atoms with Gasteiger partial charge < -0.3 is 9.46 Å². The Morgan fingerprint density at radius 3 is 2.51 bits per heavy atom. The number of anilines is 1. The molecular formula is C25H18F3N5O2S2. The molecule has 2 aromatic heterocycles. The summed E-state index contributed by atoms with van der Waals surface area (Å²) < 4.78 is 65.0.